The van der Waals surface area contributed by atoms with Crippen LogP contribution in [-0.2, 0) is 20.8 Å². The van der Waals surface area contributed by atoms with E-state index in [2.05, 4.69) is 12.0 Å². The normalized spacial score (nSPS) is 10.8. The molecule has 0 radical (unpaired) electrons. The summed E-state index contributed by atoms with van der Waals surface area (Å²) in [6.07, 6.45) is 4.21. The van der Waals surface area contributed by atoms with Crippen LogP contribution >= 0.6 is 0 Å². The molecule has 8 heteroatoms. The number of methoxy groups -OCH3 is 2. The number of ether oxygens (including phenoxy) is 3. The number of rotatable bonds is 11. The van der Waals surface area contributed by atoms with Crippen LogP contribution in [0.25, 0.3) is 16.9 Å². The van der Waals surface area contributed by atoms with Crippen LogP contribution in [0, 0.1) is 5.82 Å². The van der Waals surface area contributed by atoms with Crippen LogP contribution in [-0.4, -0.2) is 42.5 Å². The van der Waals surface area contributed by atoms with Gasteiger partial charge in [-0.15, -0.1) is 0 Å². The molecular formula is C26H29FN2O5. The van der Waals surface area contributed by atoms with Gasteiger partial charge in [0.2, 0.25) is 0 Å². The number of nitrogens with zero attached hydrogens (tertiary/aromatic N) is 2. The summed E-state index contributed by atoms with van der Waals surface area (Å²) in [5.41, 5.74) is 1.57. The summed E-state index contributed by atoms with van der Waals surface area (Å²) in [5.74, 6) is -1.95. The van der Waals surface area contributed by atoms with E-state index in [9.17, 15) is 14.0 Å². The monoisotopic (exact) mass is 468 g/mol. The van der Waals surface area contributed by atoms with Crippen LogP contribution in [0.5, 0.6) is 0 Å². The molecule has 3 rings (SSSR count). The van der Waals surface area contributed by atoms with Crippen molar-refractivity contribution in [3.05, 3.63) is 71.2 Å². The lowest BCUT2D eigenvalue weighted by atomic mass is 10.0. The molecule has 0 saturated heterocycles. The lowest BCUT2D eigenvalue weighted by Crippen LogP contribution is -2.15. The van der Waals surface area contributed by atoms with Crippen LogP contribution in [0.4, 0.5) is 4.39 Å². The van der Waals surface area contributed by atoms with Crippen LogP contribution in [0.15, 0.2) is 48.5 Å². The summed E-state index contributed by atoms with van der Waals surface area (Å²) in [6.45, 7) is 2.80. The topological polar surface area (TPSA) is 79.7 Å². The van der Waals surface area contributed by atoms with Crippen molar-refractivity contribution >= 4 is 11.9 Å². The largest absolute Gasteiger partial charge is 0.465 e. The van der Waals surface area contributed by atoms with Gasteiger partial charge in [0.05, 0.1) is 26.5 Å². The first kappa shape index (κ1) is 25.1. The predicted molar refractivity (Wildman–Crippen MR) is 125 cm³/mol. The third-order valence-corrected chi connectivity index (χ3v) is 5.38. The number of unbranched alkanes of at least 4 members (excludes halogenated alkanes) is 3. The summed E-state index contributed by atoms with van der Waals surface area (Å²) in [5, 5.41) is 4.58. The van der Waals surface area contributed by atoms with Crippen molar-refractivity contribution in [3.8, 4) is 16.9 Å². The Bertz CT molecular complexity index is 1130. The molecule has 3 aromatic rings. The van der Waals surface area contributed by atoms with Gasteiger partial charge in [-0.2, -0.15) is 5.10 Å². The molecule has 0 amide bonds. The summed E-state index contributed by atoms with van der Waals surface area (Å²) < 4.78 is 31.2. The zero-order valence-corrected chi connectivity index (χ0v) is 19.7. The molecule has 0 unspecified atom stereocenters. The summed E-state index contributed by atoms with van der Waals surface area (Å²) in [7, 11) is 2.44. The Balaban J connectivity index is 2.11. The molecule has 0 atom stereocenters. The van der Waals surface area contributed by atoms with E-state index in [1.165, 1.54) is 37.1 Å². The number of benzene rings is 2. The Morgan fingerprint density at radius 2 is 1.71 bits per heavy atom. The van der Waals surface area contributed by atoms with Gasteiger partial charge in [0.1, 0.15) is 17.1 Å². The van der Waals surface area contributed by atoms with Crippen molar-refractivity contribution in [3.63, 3.8) is 0 Å². The highest BCUT2D eigenvalue weighted by Crippen LogP contribution is 2.32. The van der Waals surface area contributed by atoms with Gasteiger partial charge in [-0.3, -0.25) is 0 Å². The minimum Gasteiger partial charge on any atom is -0.465 e. The van der Waals surface area contributed by atoms with E-state index in [4.69, 9.17) is 14.2 Å². The highest BCUT2D eigenvalue weighted by Gasteiger charge is 2.32. The minimum absolute atomic E-state index is 0.0611. The van der Waals surface area contributed by atoms with Gasteiger partial charge in [0.15, 0.2) is 5.69 Å². The van der Waals surface area contributed by atoms with Crippen LogP contribution in [0.2, 0.25) is 0 Å². The lowest BCUT2D eigenvalue weighted by Gasteiger charge is -2.10. The van der Waals surface area contributed by atoms with Crippen molar-refractivity contribution in [1.82, 2.24) is 9.78 Å². The molecule has 0 bridgehead atoms. The third kappa shape index (κ3) is 5.69. The van der Waals surface area contributed by atoms with Crippen molar-refractivity contribution in [2.24, 2.45) is 0 Å². The first-order chi connectivity index (χ1) is 16.5. The van der Waals surface area contributed by atoms with E-state index in [-0.39, 0.29) is 23.6 Å². The summed E-state index contributed by atoms with van der Waals surface area (Å²) in [6, 6.07) is 13.0. The zero-order valence-electron chi connectivity index (χ0n) is 19.7. The molecule has 1 aromatic heterocycles. The third-order valence-electron chi connectivity index (χ3n) is 5.38. The number of carbonyl (C=O) groups excluding carboxylic acids is 2. The molecule has 180 valence electrons. The maximum Gasteiger partial charge on any atom is 0.357 e. The fraction of sp³-hybridized carbons (Fsp3) is 0.346. The second kappa shape index (κ2) is 12.1. The van der Waals surface area contributed by atoms with E-state index in [0.717, 1.165) is 25.7 Å². The second-order valence-electron chi connectivity index (χ2n) is 7.72. The first-order valence-corrected chi connectivity index (χ1v) is 11.2. The number of hydrogen-bond donors (Lipinski definition) is 0. The molecule has 0 aliphatic carbocycles. The molecule has 7 nitrogen and oxygen atoms in total. The first-order valence-electron chi connectivity index (χ1n) is 11.2. The lowest BCUT2D eigenvalue weighted by molar-refractivity contribution is 0.0549. The molecule has 0 fully saturated rings. The number of halogens is 1. The Kier molecular flexibility index (Phi) is 8.93. The van der Waals surface area contributed by atoms with Gasteiger partial charge >= 0.3 is 11.9 Å². The van der Waals surface area contributed by atoms with E-state index in [0.29, 0.717) is 23.4 Å². The average molecular weight is 469 g/mol. The molecule has 0 aliphatic rings. The van der Waals surface area contributed by atoms with Gasteiger partial charge < -0.3 is 14.2 Å². The molecule has 2 aromatic carbocycles. The van der Waals surface area contributed by atoms with Crippen molar-refractivity contribution in [2.45, 2.75) is 39.2 Å². The van der Waals surface area contributed by atoms with Crippen molar-refractivity contribution in [1.29, 1.82) is 0 Å². The Labute approximate surface area is 198 Å². The molecule has 0 aliphatic heterocycles. The molecule has 0 saturated carbocycles. The maximum absolute atomic E-state index is 14.1. The van der Waals surface area contributed by atoms with E-state index in [1.807, 2.05) is 6.07 Å². The van der Waals surface area contributed by atoms with Gasteiger partial charge in [-0.25, -0.2) is 18.7 Å². The smallest absolute Gasteiger partial charge is 0.357 e. The molecule has 0 spiro atoms. The quantitative estimate of drug-likeness (QED) is 0.279. The van der Waals surface area contributed by atoms with Crippen molar-refractivity contribution in [2.75, 3.05) is 20.8 Å². The number of esters is 2. The van der Waals surface area contributed by atoms with E-state index in [1.54, 1.807) is 24.3 Å². The Morgan fingerprint density at radius 3 is 2.38 bits per heavy atom. The van der Waals surface area contributed by atoms with E-state index < -0.39 is 17.8 Å². The van der Waals surface area contributed by atoms with Gasteiger partial charge in [-0.05, 0) is 42.3 Å². The van der Waals surface area contributed by atoms with Gasteiger partial charge in [0, 0.05) is 12.2 Å². The predicted octanol–water partition coefficient (Wildman–Crippen LogP) is 5.35. The molecule has 34 heavy (non-hydrogen) atoms. The second-order valence-corrected chi connectivity index (χ2v) is 7.72. The van der Waals surface area contributed by atoms with Gasteiger partial charge in [-0.1, -0.05) is 44.4 Å². The average Bonchev–Trinajstić information content (AvgIpc) is 3.26. The summed E-state index contributed by atoms with van der Waals surface area (Å²) in [4.78, 5) is 25.6. The molecular weight excluding hydrogens is 439 g/mol. The van der Waals surface area contributed by atoms with E-state index >= 15 is 0 Å². The maximum atomic E-state index is 14.1. The van der Waals surface area contributed by atoms with Crippen LogP contribution in [0.1, 0.15) is 59.0 Å². The van der Waals surface area contributed by atoms with Crippen LogP contribution < -0.4 is 0 Å². The zero-order chi connectivity index (χ0) is 24.5. The fourth-order valence-corrected chi connectivity index (χ4v) is 3.67. The number of aromatic nitrogens is 2. The Morgan fingerprint density at radius 1 is 0.971 bits per heavy atom. The number of para-hydroxylation sites is 1. The Hall–Kier alpha value is -3.52. The standard InChI is InChI=1S/C26H29FN2O5/c1-4-5-6-10-15-34-17-18-16-19(27)13-14-21(18)23-22(25(30)32-2)24(26(31)33-3)29(28-23)20-11-8-7-9-12-20/h7-9,11-14,16H,4-6,10,15,17H2,1-3H3. The van der Waals surface area contributed by atoms with Crippen molar-refractivity contribution < 1.29 is 28.2 Å². The molecule has 0 N–H and O–H groups in total. The minimum atomic E-state index is -0.756. The number of hydrogen-bond acceptors (Lipinski definition) is 6. The highest BCUT2D eigenvalue weighted by atomic mass is 19.1. The fourth-order valence-electron chi connectivity index (χ4n) is 3.67. The summed E-state index contributed by atoms with van der Waals surface area (Å²) >= 11 is 0. The number of carbonyl (C=O) groups is 2. The highest BCUT2D eigenvalue weighted by molar-refractivity contribution is 6.07. The van der Waals surface area contributed by atoms with Crippen LogP contribution in [0.3, 0.4) is 0 Å². The molecule has 1 heterocycles. The van der Waals surface area contributed by atoms with Gasteiger partial charge in [0.25, 0.3) is 0 Å². The SMILES string of the molecule is CCCCCCOCc1cc(F)ccc1-c1nn(-c2ccccc2)c(C(=O)OC)c1C(=O)OC.